The Morgan fingerprint density at radius 1 is 1.06 bits per heavy atom. The molecule has 0 bridgehead atoms. The highest BCUT2D eigenvalue weighted by Crippen LogP contribution is 2.41. The number of carbonyl (C=O) groups is 1. The summed E-state index contributed by atoms with van der Waals surface area (Å²) in [5.41, 5.74) is -3.75. The van der Waals surface area contributed by atoms with Crippen LogP contribution in [0, 0.1) is 5.92 Å². The lowest BCUT2D eigenvalue weighted by Crippen LogP contribution is -2.57. The molecule has 2 aromatic rings. The van der Waals surface area contributed by atoms with Gasteiger partial charge in [-0.2, -0.15) is 26.3 Å². The van der Waals surface area contributed by atoms with E-state index in [4.69, 9.17) is 0 Å². The molecule has 0 radical (unpaired) electrons. The van der Waals surface area contributed by atoms with Gasteiger partial charge in [0.25, 0.3) is 5.91 Å². The van der Waals surface area contributed by atoms with E-state index in [9.17, 15) is 31.1 Å². The lowest BCUT2D eigenvalue weighted by molar-refractivity contribution is -0.141. The summed E-state index contributed by atoms with van der Waals surface area (Å²) in [5.74, 6) is -0.800. The minimum atomic E-state index is -4.99. The second-order valence-corrected chi connectivity index (χ2v) is 8.95. The van der Waals surface area contributed by atoms with Gasteiger partial charge in [-0.1, -0.05) is 37.3 Å². The average molecular weight is 472 g/mol. The van der Waals surface area contributed by atoms with E-state index in [0.29, 0.717) is 36.6 Å². The highest BCUT2D eigenvalue weighted by Gasteiger charge is 2.44. The summed E-state index contributed by atoms with van der Waals surface area (Å²) in [4.78, 5) is 15.2. The smallest absolute Gasteiger partial charge is 0.343 e. The molecular formula is C24H26F6N2O. The number of rotatable bonds is 4. The summed E-state index contributed by atoms with van der Waals surface area (Å²) in [5, 5.41) is 2.65. The van der Waals surface area contributed by atoms with Crippen molar-refractivity contribution in [2.75, 3.05) is 13.6 Å². The second kappa shape index (κ2) is 9.00. The van der Waals surface area contributed by atoms with Crippen LogP contribution >= 0.6 is 0 Å². The van der Waals surface area contributed by atoms with Crippen molar-refractivity contribution in [3.63, 3.8) is 0 Å². The summed E-state index contributed by atoms with van der Waals surface area (Å²) in [6.07, 6.45) is -8.37. The van der Waals surface area contributed by atoms with Crippen molar-refractivity contribution >= 4 is 5.91 Å². The highest BCUT2D eigenvalue weighted by molar-refractivity contribution is 5.96. The second-order valence-electron chi connectivity index (χ2n) is 8.95. The Bertz CT molecular complexity index is 989. The van der Waals surface area contributed by atoms with Crippen LogP contribution in [0.5, 0.6) is 0 Å². The number of halogens is 6. The Balaban J connectivity index is 2.06. The van der Waals surface area contributed by atoms with Crippen molar-refractivity contribution in [3.8, 4) is 0 Å². The van der Waals surface area contributed by atoms with Crippen LogP contribution in [0.1, 0.15) is 59.8 Å². The molecule has 0 aromatic heterocycles. The van der Waals surface area contributed by atoms with Gasteiger partial charge in [-0.25, -0.2) is 0 Å². The molecule has 33 heavy (non-hydrogen) atoms. The Morgan fingerprint density at radius 3 is 2.24 bits per heavy atom. The molecule has 3 rings (SSSR count). The van der Waals surface area contributed by atoms with Crippen LogP contribution in [0.3, 0.4) is 0 Å². The molecule has 1 amide bonds. The first kappa shape index (κ1) is 25.1. The van der Waals surface area contributed by atoms with Gasteiger partial charge in [-0.05, 0) is 56.5 Å². The van der Waals surface area contributed by atoms with Crippen molar-refractivity contribution in [1.82, 2.24) is 10.2 Å². The van der Waals surface area contributed by atoms with Crippen molar-refractivity contribution in [2.24, 2.45) is 5.92 Å². The van der Waals surface area contributed by atoms with E-state index in [1.165, 1.54) is 0 Å². The molecule has 0 spiro atoms. The van der Waals surface area contributed by atoms with Gasteiger partial charge in [0, 0.05) is 12.1 Å². The Labute approximate surface area is 188 Å². The number of likely N-dealkylation sites (N-methyl/N-ethyl adjacent to an activating group) is 1. The third-order valence-electron chi connectivity index (χ3n) is 6.53. The molecule has 0 saturated carbocycles. The van der Waals surface area contributed by atoms with E-state index >= 15 is 0 Å². The van der Waals surface area contributed by atoms with Crippen molar-refractivity contribution in [3.05, 3.63) is 70.8 Å². The first-order valence-electron chi connectivity index (χ1n) is 10.6. The zero-order valence-electron chi connectivity index (χ0n) is 18.5. The summed E-state index contributed by atoms with van der Waals surface area (Å²) in [7, 11) is 1.88. The van der Waals surface area contributed by atoms with E-state index in [2.05, 4.69) is 17.1 Å². The van der Waals surface area contributed by atoms with E-state index in [1.807, 2.05) is 14.0 Å². The molecule has 1 N–H and O–H groups in total. The molecule has 180 valence electrons. The summed E-state index contributed by atoms with van der Waals surface area (Å²) < 4.78 is 80.3. The van der Waals surface area contributed by atoms with E-state index in [-0.39, 0.29) is 6.07 Å². The largest absolute Gasteiger partial charge is 0.417 e. The molecule has 3 unspecified atom stereocenters. The maximum absolute atomic E-state index is 13.6. The Hall–Kier alpha value is -2.55. The third-order valence-corrected chi connectivity index (χ3v) is 6.53. The minimum Gasteiger partial charge on any atom is -0.343 e. The molecule has 1 saturated heterocycles. The van der Waals surface area contributed by atoms with Gasteiger partial charge < -0.3 is 5.32 Å². The number of hydrogen-bond acceptors (Lipinski definition) is 2. The molecule has 2 aromatic carbocycles. The fourth-order valence-electron chi connectivity index (χ4n) is 4.47. The van der Waals surface area contributed by atoms with Crippen LogP contribution in [0.25, 0.3) is 0 Å². The number of carbonyl (C=O) groups excluding carboxylic acids is 1. The number of hydrogen-bond donors (Lipinski definition) is 1. The number of alkyl halides is 6. The van der Waals surface area contributed by atoms with Crippen LogP contribution in [0.2, 0.25) is 0 Å². The van der Waals surface area contributed by atoms with Crippen LogP contribution in [-0.2, 0) is 12.4 Å². The number of piperidine rings is 1. The summed E-state index contributed by atoms with van der Waals surface area (Å²) >= 11 is 0. The number of amides is 1. The van der Waals surface area contributed by atoms with E-state index in [0.717, 1.165) is 6.42 Å². The number of likely N-dealkylation sites (tertiary alicyclic amines) is 1. The molecular weight excluding hydrogens is 446 g/mol. The fourth-order valence-corrected chi connectivity index (χ4v) is 4.47. The standard InChI is InChI=1S/C24H26F6N2O/c1-15-11-12-22(2,32(3)14-15)20(16-7-5-4-6-8-16)31-21(33)18-13-17(23(25,26)27)9-10-19(18)24(28,29)30/h4-10,13,15,20H,11-12,14H2,1-3H3,(H,31,33). The zero-order chi connectivity index (χ0) is 24.6. The molecule has 1 aliphatic heterocycles. The Kier molecular flexibility index (Phi) is 6.84. The fraction of sp³-hybridized carbons (Fsp3) is 0.458. The lowest BCUT2D eigenvalue weighted by atomic mass is 9.76. The number of benzene rings is 2. The van der Waals surface area contributed by atoms with E-state index in [1.54, 1.807) is 30.3 Å². The van der Waals surface area contributed by atoms with Gasteiger partial charge in [-0.15, -0.1) is 0 Å². The van der Waals surface area contributed by atoms with Crippen LogP contribution in [-0.4, -0.2) is 29.9 Å². The molecule has 9 heteroatoms. The van der Waals surface area contributed by atoms with Crippen LogP contribution in [0.15, 0.2) is 48.5 Å². The topological polar surface area (TPSA) is 32.3 Å². The Morgan fingerprint density at radius 2 is 1.70 bits per heavy atom. The predicted octanol–water partition coefficient (Wildman–Crippen LogP) is 6.32. The van der Waals surface area contributed by atoms with Gasteiger partial charge in [0.1, 0.15) is 0 Å². The first-order chi connectivity index (χ1) is 15.2. The highest BCUT2D eigenvalue weighted by atomic mass is 19.4. The molecule has 1 fully saturated rings. The predicted molar refractivity (Wildman–Crippen MR) is 113 cm³/mol. The maximum Gasteiger partial charge on any atom is 0.417 e. The van der Waals surface area contributed by atoms with E-state index < -0.39 is 46.5 Å². The van der Waals surface area contributed by atoms with Crippen LogP contribution < -0.4 is 5.32 Å². The quantitative estimate of drug-likeness (QED) is 0.529. The van der Waals surface area contributed by atoms with Crippen molar-refractivity contribution in [1.29, 1.82) is 0 Å². The number of nitrogens with zero attached hydrogens (tertiary/aromatic N) is 1. The molecule has 3 atom stereocenters. The molecule has 1 heterocycles. The first-order valence-corrected chi connectivity index (χ1v) is 10.6. The van der Waals surface area contributed by atoms with Crippen molar-refractivity contribution < 1.29 is 31.1 Å². The summed E-state index contributed by atoms with van der Waals surface area (Å²) in [6.45, 7) is 4.71. The van der Waals surface area contributed by atoms with Gasteiger partial charge >= 0.3 is 12.4 Å². The third kappa shape index (κ3) is 5.34. The van der Waals surface area contributed by atoms with Gasteiger partial charge in [0.2, 0.25) is 0 Å². The van der Waals surface area contributed by atoms with Gasteiger partial charge in [0.15, 0.2) is 0 Å². The van der Waals surface area contributed by atoms with Crippen LogP contribution in [0.4, 0.5) is 26.3 Å². The SMILES string of the molecule is CC1CCC(C)(C(NC(=O)c2cc(C(F)(F)F)ccc2C(F)(F)F)c2ccccc2)N(C)C1. The summed E-state index contributed by atoms with van der Waals surface area (Å²) in [6, 6.07) is 8.94. The number of nitrogens with one attached hydrogen (secondary N) is 1. The monoisotopic (exact) mass is 472 g/mol. The maximum atomic E-state index is 13.6. The normalized spacial score (nSPS) is 23.2. The zero-order valence-corrected chi connectivity index (χ0v) is 18.5. The van der Waals surface area contributed by atoms with Crippen molar-refractivity contribution in [2.45, 2.75) is 50.6 Å². The van der Waals surface area contributed by atoms with Gasteiger partial charge in [0.05, 0.1) is 22.7 Å². The average Bonchev–Trinajstić information content (AvgIpc) is 2.73. The molecule has 1 aliphatic rings. The molecule has 0 aliphatic carbocycles. The lowest BCUT2D eigenvalue weighted by Gasteiger charge is -2.50. The van der Waals surface area contributed by atoms with Gasteiger partial charge in [-0.3, -0.25) is 9.69 Å². The molecule has 3 nitrogen and oxygen atoms in total. The minimum absolute atomic E-state index is 0.273.